The van der Waals surface area contributed by atoms with E-state index in [9.17, 15) is 4.79 Å². The van der Waals surface area contributed by atoms with Gasteiger partial charge in [-0.1, -0.05) is 49.0 Å². The van der Waals surface area contributed by atoms with Gasteiger partial charge in [0.1, 0.15) is 17.1 Å². The monoisotopic (exact) mass is 468 g/mol. The van der Waals surface area contributed by atoms with Crippen molar-refractivity contribution in [3.8, 4) is 5.75 Å². The maximum atomic E-state index is 13.4. The Balaban J connectivity index is 1.66. The van der Waals surface area contributed by atoms with Gasteiger partial charge in [0.25, 0.3) is 0 Å². The first kappa shape index (κ1) is 21.2. The van der Waals surface area contributed by atoms with Gasteiger partial charge in [-0.3, -0.25) is 4.79 Å². The van der Waals surface area contributed by atoms with E-state index >= 15 is 0 Å². The van der Waals surface area contributed by atoms with Crippen molar-refractivity contribution >= 4 is 32.7 Å². The lowest BCUT2D eigenvalue weighted by Crippen LogP contribution is -2.29. The van der Waals surface area contributed by atoms with E-state index in [-0.39, 0.29) is 5.78 Å². The van der Waals surface area contributed by atoms with E-state index in [0.29, 0.717) is 18.1 Å². The topological polar surface area (TPSA) is 39.4 Å². The second kappa shape index (κ2) is 8.22. The smallest absolute Gasteiger partial charge is 0.197 e. The standard InChI is InChI=1S/C26H29BrO3/c1-5-7-16(6-2)12-13-29-18-9-11-19-21(15-18)26(3,4)25-23(24(19)28)20-10-8-17(27)14-22(20)30-25/h8-11,14-16H,5-7,12-13H2,1-4H3. The summed E-state index contributed by atoms with van der Waals surface area (Å²) in [6.45, 7) is 9.42. The summed E-state index contributed by atoms with van der Waals surface area (Å²) in [7, 11) is 0. The first-order chi connectivity index (χ1) is 14.4. The van der Waals surface area contributed by atoms with Gasteiger partial charge in [-0.05, 0) is 68.1 Å². The molecule has 2 aromatic carbocycles. The molecule has 0 spiro atoms. The third-order valence-electron chi connectivity index (χ3n) is 6.42. The molecule has 0 saturated heterocycles. The Morgan fingerprint density at radius 2 is 1.90 bits per heavy atom. The van der Waals surface area contributed by atoms with Crippen LogP contribution in [0.15, 0.2) is 45.3 Å². The molecule has 30 heavy (non-hydrogen) atoms. The molecule has 3 nitrogen and oxygen atoms in total. The van der Waals surface area contributed by atoms with Crippen molar-refractivity contribution in [1.29, 1.82) is 0 Å². The molecule has 1 aliphatic rings. The minimum absolute atomic E-state index is 0.0286. The Hall–Kier alpha value is -2.07. The second-order valence-corrected chi connectivity index (χ2v) is 9.72. The molecule has 0 aliphatic heterocycles. The molecule has 1 aromatic heterocycles. The molecule has 0 N–H and O–H groups in total. The van der Waals surface area contributed by atoms with E-state index in [1.54, 1.807) is 0 Å². The molecule has 0 saturated carbocycles. The molecule has 0 amide bonds. The number of benzene rings is 2. The molecule has 1 unspecified atom stereocenters. The van der Waals surface area contributed by atoms with Gasteiger partial charge in [0.05, 0.1) is 12.2 Å². The number of furan rings is 1. The van der Waals surface area contributed by atoms with Crippen LogP contribution in [0.2, 0.25) is 0 Å². The fourth-order valence-corrected chi connectivity index (χ4v) is 4.97. The van der Waals surface area contributed by atoms with Gasteiger partial charge >= 0.3 is 0 Å². The Morgan fingerprint density at radius 3 is 2.63 bits per heavy atom. The zero-order valence-corrected chi connectivity index (χ0v) is 19.8. The van der Waals surface area contributed by atoms with E-state index in [2.05, 4.69) is 43.6 Å². The van der Waals surface area contributed by atoms with E-state index in [4.69, 9.17) is 9.15 Å². The highest BCUT2D eigenvalue weighted by molar-refractivity contribution is 9.10. The maximum absolute atomic E-state index is 13.4. The van der Waals surface area contributed by atoms with E-state index in [0.717, 1.165) is 44.5 Å². The fourth-order valence-electron chi connectivity index (χ4n) is 4.63. The third-order valence-corrected chi connectivity index (χ3v) is 6.92. The van der Waals surface area contributed by atoms with Gasteiger partial charge in [0.2, 0.25) is 0 Å². The Morgan fingerprint density at radius 1 is 1.10 bits per heavy atom. The first-order valence-corrected chi connectivity index (χ1v) is 11.7. The molecule has 0 bridgehead atoms. The van der Waals surface area contributed by atoms with Crippen molar-refractivity contribution in [2.24, 2.45) is 5.92 Å². The summed E-state index contributed by atoms with van der Waals surface area (Å²) in [6, 6.07) is 11.7. The highest BCUT2D eigenvalue weighted by Crippen LogP contribution is 2.46. The minimum Gasteiger partial charge on any atom is -0.494 e. The van der Waals surface area contributed by atoms with Gasteiger partial charge in [-0.25, -0.2) is 0 Å². The molecule has 3 aromatic rings. The summed E-state index contributed by atoms with van der Waals surface area (Å²) in [5.41, 5.74) is 2.71. The molecular weight excluding hydrogens is 440 g/mol. The number of ketones is 1. The van der Waals surface area contributed by atoms with Crippen LogP contribution in [0.1, 0.15) is 80.6 Å². The molecule has 0 fully saturated rings. The maximum Gasteiger partial charge on any atom is 0.197 e. The van der Waals surface area contributed by atoms with Crippen LogP contribution in [-0.4, -0.2) is 12.4 Å². The zero-order valence-electron chi connectivity index (χ0n) is 18.2. The van der Waals surface area contributed by atoms with Crippen LogP contribution >= 0.6 is 15.9 Å². The highest BCUT2D eigenvalue weighted by Gasteiger charge is 2.41. The van der Waals surface area contributed by atoms with Crippen LogP contribution < -0.4 is 4.74 Å². The number of carbonyl (C=O) groups excluding carboxylic acids is 1. The normalized spacial score (nSPS) is 15.7. The number of carbonyl (C=O) groups is 1. The van der Waals surface area contributed by atoms with Crippen LogP contribution in [0.5, 0.6) is 5.75 Å². The SMILES string of the molecule is CCCC(CC)CCOc1ccc2c(c1)C(C)(C)c1oc3cc(Br)ccc3c1C2=O. The lowest BCUT2D eigenvalue weighted by molar-refractivity contribution is 0.102. The molecule has 1 atom stereocenters. The van der Waals surface area contributed by atoms with Gasteiger partial charge in [-0.2, -0.15) is 0 Å². The molecule has 0 radical (unpaired) electrons. The van der Waals surface area contributed by atoms with Gasteiger partial charge < -0.3 is 9.15 Å². The van der Waals surface area contributed by atoms with E-state index < -0.39 is 5.41 Å². The predicted molar refractivity (Wildman–Crippen MR) is 125 cm³/mol. The van der Waals surface area contributed by atoms with Crippen molar-refractivity contribution in [2.45, 2.75) is 58.8 Å². The molecular formula is C26H29BrO3. The second-order valence-electron chi connectivity index (χ2n) is 8.81. The Labute approximate surface area is 186 Å². The van der Waals surface area contributed by atoms with Crippen molar-refractivity contribution in [3.63, 3.8) is 0 Å². The van der Waals surface area contributed by atoms with Crippen LogP contribution in [0.4, 0.5) is 0 Å². The molecule has 158 valence electrons. The van der Waals surface area contributed by atoms with Crippen LogP contribution in [0.25, 0.3) is 11.0 Å². The Bertz CT molecular complexity index is 1090. The zero-order chi connectivity index (χ0) is 21.5. The molecule has 4 heteroatoms. The van der Waals surface area contributed by atoms with Crippen molar-refractivity contribution in [1.82, 2.24) is 0 Å². The average Bonchev–Trinajstić information content (AvgIpc) is 3.11. The van der Waals surface area contributed by atoms with Crippen molar-refractivity contribution in [2.75, 3.05) is 6.61 Å². The average molecular weight is 469 g/mol. The molecule has 1 aliphatic carbocycles. The largest absolute Gasteiger partial charge is 0.494 e. The van der Waals surface area contributed by atoms with Crippen molar-refractivity contribution in [3.05, 3.63) is 63.3 Å². The lowest BCUT2D eigenvalue weighted by atomic mass is 9.72. The number of hydrogen-bond donors (Lipinski definition) is 0. The number of rotatable bonds is 7. The first-order valence-electron chi connectivity index (χ1n) is 10.9. The summed E-state index contributed by atoms with van der Waals surface area (Å²) >= 11 is 3.49. The van der Waals surface area contributed by atoms with Crippen LogP contribution in [0, 0.1) is 5.92 Å². The summed E-state index contributed by atoms with van der Waals surface area (Å²) in [6.07, 6.45) is 4.71. The number of ether oxygens (including phenoxy) is 1. The van der Waals surface area contributed by atoms with Gasteiger partial charge in [0.15, 0.2) is 5.78 Å². The lowest BCUT2D eigenvalue weighted by Gasteiger charge is -2.31. The quantitative estimate of drug-likeness (QED) is 0.357. The highest BCUT2D eigenvalue weighted by atomic mass is 79.9. The number of halogens is 1. The van der Waals surface area contributed by atoms with Gasteiger partial charge in [0, 0.05) is 20.8 Å². The fraction of sp³-hybridized carbons (Fsp3) is 0.423. The van der Waals surface area contributed by atoms with E-state index in [1.807, 2.05) is 36.4 Å². The molecule has 4 rings (SSSR count). The van der Waals surface area contributed by atoms with E-state index in [1.165, 1.54) is 19.3 Å². The third kappa shape index (κ3) is 3.60. The molecule has 1 heterocycles. The number of hydrogen-bond acceptors (Lipinski definition) is 3. The summed E-state index contributed by atoms with van der Waals surface area (Å²) in [5, 5.41) is 0.874. The predicted octanol–water partition coefficient (Wildman–Crippen LogP) is 7.66. The van der Waals surface area contributed by atoms with Gasteiger partial charge in [-0.15, -0.1) is 0 Å². The van der Waals surface area contributed by atoms with Crippen LogP contribution in [0.3, 0.4) is 0 Å². The summed E-state index contributed by atoms with van der Waals surface area (Å²) < 4.78 is 13.2. The number of fused-ring (bicyclic) bond motifs is 4. The van der Waals surface area contributed by atoms with Crippen LogP contribution in [-0.2, 0) is 5.41 Å². The summed E-state index contributed by atoms with van der Waals surface area (Å²) in [5.74, 6) is 2.30. The van der Waals surface area contributed by atoms with Crippen molar-refractivity contribution < 1.29 is 13.9 Å². The minimum atomic E-state index is -0.419. The Kier molecular flexibility index (Phi) is 5.80. The summed E-state index contributed by atoms with van der Waals surface area (Å²) in [4.78, 5) is 13.4.